The topological polar surface area (TPSA) is 136 Å². The second-order valence-corrected chi connectivity index (χ2v) is 9.36. The molecule has 0 amide bonds. The van der Waals surface area contributed by atoms with Crippen LogP contribution in [0.5, 0.6) is 0 Å². The number of benzene rings is 1. The smallest absolute Gasteiger partial charge is 0.229 e. The molecule has 0 spiro atoms. The van der Waals surface area contributed by atoms with Gasteiger partial charge >= 0.3 is 0 Å². The zero-order valence-electron chi connectivity index (χ0n) is 18.2. The van der Waals surface area contributed by atoms with E-state index in [4.69, 9.17) is 0 Å². The molecule has 3 aromatic heterocycles. The third-order valence-electron chi connectivity index (χ3n) is 6.00. The van der Waals surface area contributed by atoms with E-state index in [9.17, 15) is 19.7 Å². The van der Waals surface area contributed by atoms with E-state index >= 15 is 0 Å². The SMILES string of the molecule is Cc1nc(Nc2ccc(F)cc2)nc(NC2(O)CCC(CO)C2O)c1-c1nc2cnccc2s1. The summed E-state index contributed by atoms with van der Waals surface area (Å²) >= 11 is 1.44. The average molecular weight is 483 g/mol. The Labute approximate surface area is 198 Å². The Hall–Kier alpha value is -3.25. The number of fused-ring (bicyclic) bond motifs is 1. The Morgan fingerprint density at radius 1 is 1.18 bits per heavy atom. The normalized spacial score (nSPS) is 22.3. The molecule has 0 radical (unpaired) electrons. The van der Waals surface area contributed by atoms with E-state index in [0.29, 0.717) is 28.4 Å². The summed E-state index contributed by atoms with van der Waals surface area (Å²) in [4.78, 5) is 17.9. The van der Waals surface area contributed by atoms with Crippen LogP contribution in [0.4, 0.5) is 21.8 Å². The lowest BCUT2D eigenvalue weighted by Crippen LogP contribution is -2.48. The minimum atomic E-state index is -1.69. The van der Waals surface area contributed by atoms with Crippen molar-refractivity contribution in [2.45, 2.75) is 31.6 Å². The first-order valence-corrected chi connectivity index (χ1v) is 11.6. The Bertz CT molecular complexity index is 1300. The molecule has 0 aliphatic heterocycles. The monoisotopic (exact) mass is 482 g/mol. The molecule has 9 nitrogen and oxygen atoms in total. The van der Waals surface area contributed by atoms with Crippen LogP contribution in [0.15, 0.2) is 42.7 Å². The highest BCUT2D eigenvalue weighted by molar-refractivity contribution is 7.21. The van der Waals surface area contributed by atoms with Gasteiger partial charge in [-0.1, -0.05) is 0 Å². The molecule has 34 heavy (non-hydrogen) atoms. The zero-order valence-corrected chi connectivity index (χ0v) is 19.1. The molecule has 1 aliphatic rings. The Balaban J connectivity index is 1.59. The largest absolute Gasteiger partial charge is 0.396 e. The second-order valence-electron chi connectivity index (χ2n) is 8.33. The van der Waals surface area contributed by atoms with Gasteiger partial charge in [0.2, 0.25) is 5.95 Å². The first-order chi connectivity index (χ1) is 16.4. The van der Waals surface area contributed by atoms with Crippen LogP contribution in [-0.4, -0.2) is 53.7 Å². The number of aliphatic hydroxyl groups excluding tert-OH is 2. The van der Waals surface area contributed by atoms with Crippen molar-refractivity contribution >= 4 is 39.0 Å². The van der Waals surface area contributed by atoms with Gasteiger partial charge in [0.25, 0.3) is 0 Å². The number of hydrogen-bond acceptors (Lipinski definition) is 10. The molecule has 176 valence electrons. The van der Waals surface area contributed by atoms with Crippen LogP contribution in [0.2, 0.25) is 0 Å². The summed E-state index contributed by atoms with van der Waals surface area (Å²) in [6.45, 7) is 1.57. The Morgan fingerprint density at radius 3 is 2.68 bits per heavy atom. The lowest BCUT2D eigenvalue weighted by atomic mass is 10.0. The lowest BCUT2D eigenvalue weighted by Gasteiger charge is -2.31. The zero-order chi connectivity index (χ0) is 23.9. The molecule has 1 fully saturated rings. The number of halogens is 1. The molecule has 3 heterocycles. The Morgan fingerprint density at radius 2 is 1.97 bits per heavy atom. The quantitative estimate of drug-likeness (QED) is 0.262. The first kappa shape index (κ1) is 22.5. The van der Waals surface area contributed by atoms with E-state index in [1.807, 2.05) is 6.07 Å². The summed E-state index contributed by atoms with van der Waals surface area (Å²) < 4.78 is 14.2. The fourth-order valence-electron chi connectivity index (χ4n) is 4.16. The second kappa shape index (κ2) is 8.84. The first-order valence-electron chi connectivity index (χ1n) is 10.8. The van der Waals surface area contributed by atoms with Crippen LogP contribution < -0.4 is 10.6 Å². The van der Waals surface area contributed by atoms with Crippen molar-refractivity contribution in [3.05, 3.63) is 54.2 Å². The van der Waals surface area contributed by atoms with Gasteiger partial charge in [-0.3, -0.25) is 4.98 Å². The maximum Gasteiger partial charge on any atom is 0.229 e. The molecule has 0 bridgehead atoms. The third kappa shape index (κ3) is 4.18. The number of pyridine rings is 1. The summed E-state index contributed by atoms with van der Waals surface area (Å²) in [5.41, 5.74) is 0.795. The molecule has 3 atom stereocenters. The van der Waals surface area contributed by atoms with Crippen molar-refractivity contribution in [1.82, 2.24) is 19.9 Å². The van der Waals surface area contributed by atoms with Crippen LogP contribution in [0.1, 0.15) is 18.5 Å². The van der Waals surface area contributed by atoms with Crippen molar-refractivity contribution < 1.29 is 19.7 Å². The highest BCUT2D eigenvalue weighted by atomic mass is 32.1. The molecule has 1 aliphatic carbocycles. The minimum Gasteiger partial charge on any atom is -0.396 e. The summed E-state index contributed by atoms with van der Waals surface area (Å²) in [7, 11) is 0. The number of aromatic nitrogens is 4. The number of anilines is 3. The number of nitrogens with one attached hydrogen (secondary N) is 2. The van der Waals surface area contributed by atoms with E-state index in [1.54, 1.807) is 31.5 Å². The number of aryl methyl sites for hydroxylation is 1. The summed E-state index contributed by atoms with van der Waals surface area (Å²) in [5, 5.41) is 38.1. The standard InChI is InChI=1S/C23H23FN6O3S/c1-12-18(21-28-16-10-25-9-7-17(16)34-21)20(30-23(33)8-6-13(11-31)19(23)32)29-22(26-12)27-15-4-2-14(24)3-5-15/h2-5,7,9-10,13,19,31-33H,6,8,11H2,1H3,(H2,26,27,29,30). The van der Waals surface area contributed by atoms with E-state index < -0.39 is 17.7 Å². The van der Waals surface area contributed by atoms with Crippen molar-refractivity contribution in [3.8, 4) is 10.6 Å². The van der Waals surface area contributed by atoms with Crippen LogP contribution in [0, 0.1) is 18.7 Å². The Kier molecular flexibility index (Phi) is 5.86. The number of rotatable bonds is 6. The minimum absolute atomic E-state index is 0.229. The molecule has 11 heteroatoms. The highest BCUT2D eigenvalue weighted by Gasteiger charge is 2.47. The van der Waals surface area contributed by atoms with Crippen molar-refractivity contribution in [1.29, 1.82) is 0 Å². The number of thiazole rings is 1. The average Bonchev–Trinajstić information content (AvgIpc) is 3.36. The van der Waals surface area contributed by atoms with Gasteiger partial charge in [-0.15, -0.1) is 11.3 Å². The van der Waals surface area contributed by atoms with Crippen molar-refractivity contribution in [2.75, 3.05) is 17.2 Å². The van der Waals surface area contributed by atoms with Crippen molar-refractivity contribution in [3.63, 3.8) is 0 Å². The van der Waals surface area contributed by atoms with Crippen LogP contribution in [-0.2, 0) is 0 Å². The number of aliphatic hydroxyl groups is 3. The highest BCUT2D eigenvalue weighted by Crippen LogP contribution is 2.40. The molecular weight excluding hydrogens is 459 g/mol. The van der Waals surface area contributed by atoms with Gasteiger partial charge in [-0.2, -0.15) is 4.98 Å². The van der Waals surface area contributed by atoms with Crippen LogP contribution >= 0.6 is 11.3 Å². The fraction of sp³-hybridized carbons (Fsp3) is 0.304. The van der Waals surface area contributed by atoms with Gasteiger partial charge in [-0.25, -0.2) is 14.4 Å². The molecule has 1 saturated carbocycles. The predicted octanol–water partition coefficient (Wildman–Crippen LogP) is 3.20. The van der Waals surface area contributed by atoms with Gasteiger partial charge in [0, 0.05) is 24.4 Å². The van der Waals surface area contributed by atoms with Gasteiger partial charge in [0.1, 0.15) is 28.3 Å². The van der Waals surface area contributed by atoms with Gasteiger partial charge < -0.3 is 26.0 Å². The summed E-state index contributed by atoms with van der Waals surface area (Å²) in [6.07, 6.45) is 2.85. The molecule has 5 rings (SSSR count). The number of nitrogens with zero attached hydrogens (tertiary/aromatic N) is 4. The summed E-state index contributed by atoms with van der Waals surface area (Å²) in [5.74, 6) is -0.298. The van der Waals surface area contributed by atoms with E-state index in [2.05, 4.69) is 30.6 Å². The maximum absolute atomic E-state index is 13.3. The summed E-state index contributed by atoms with van der Waals surface area (Å²) in [6, 6.07) is 7.64. The maximum atomic E-state index is 13.3. The molecule has 4 aromatic rings. The molecule has 5 N–H and O–H groups in total. The number of hydrogen-bond donors (Lipinski definition) is 5. The predicted molar refractivity (Wildman–Crippen MR) is 127 cm³/mol. The van der Waals surface area contributed by atoms with Gasteiger partial charge in [0.05, 0.1) is 22.2 Å². The van der Waals surface area contributed by atoms with E-state index in [0.717, 1.165) is 10.2 Å². The van der Waals surface area contributed by atoms with Crippen LogP contribution in [0.25, 0.3) is 20.8 Å². The molecule has 0 saturated heterocycles. The lowest BCUT2D eigenvalue weighted by molar-refractivity contribution is -0.0545. The van der Waals surface area contributed by atoms with Gasteiger partial charge in [-0.05, 0) is 50.1 Å². The third-order valence-corrected chi connectivity index (χ3v) is 7.05. The van der Waals surface area contributed by atoms with E-state index in [1.165, 1.54) is 23.5 Å². The molecule has 1 aromatic carbocycles. The fourth-order valence-corrected chi connectivity index (χ4v) is 5.19. The molecule has 3 unspecified atom stereocenters. The van der Waals surface area contributed by atoms with Crippen molar-refractivity contribution in [2.24, 2.45) is 5.92 Å². The molecular formula is C23H23FN6O3S. The van der Waals surface area contributed by atoms with Crippen LogP contribution in [0.3, 0.4) is 0 Å². The van der Waals surface area contributed by atoms with Gasteiger partial charge in [0.15, 0.2) is 5.72 Å². The van der Waals surface area contributed by atoms with E-state index in [-0.39, 0.29) is 30.6 Å².